The second kappa shape index (κ2) is 6.54. The largest absolute Gasteiger partial charge is 0.352 e. The van der Waals surface area contributed by atoms with Crippen LogP contribution in [0.1, 0.15) is 26.2 Å². The predicted octanol–water partition coefficient (Wildman–Crippen LogP) is 0.777. The van der Waals surface area contributed by atoms with Gasteiger partial charge >= 0.3 is 0 Å². The highest BCUT2D eigenvalue weighted by Gasteiger charge is 2.17. The summed E-state index contributed by atoms with van der Waals surface area (Å²) >= 11 is 0. The number of imidazole rings is 1. The molecule has 1 aliphatic heterocycles. The Kier molecular flexibility index (Phi) is 4.75. The van der Waals surface area contributed by atoms with Gasteiger partial charge in [-0.2, -0.15) is 0 Å². The summed E-state index contributed by atoms with van der Waals surface area (Å²) in [7, 11) is 0. The molecule has 5 nitrogen and oxygen atoms in total. The van der Waals surface area contributed by atoms with Gasteiger partial charge in [0.15, 0.2) is 0 Å². The van der Waals surface area contributed by atoms with Gasteiger partial charge in [0.1, 0.15) is 0 Å². The molecule has 0 radical (unpaired) electrons. The maximum Gasteiger partial charge on any atom is 0.220 e. The minimum absolute atomic E-state index is 0.147. The van der Waals surface area contributed by atoms with Crippen molar-refractivity contribution in [3.8, 4) is 0 Å². The number of aromatic nitrogens is 2. The molecule has 0 aromatic carbocycles. The van der Waals surface area contributed by atoms with Gasteiger partial charge in [-0.15, -0.1) is 0 Å². The van der Waals surface area contributed by atoms with E-state index in [2.05, 4.69) is 15.6 Å². The van der Waals surface area contributed by atoms with E-state index >= 15 is 0 Å². The maximum atomic E-state index is 11.9. The van der Waals surface area contributed by atoms with Gasteiger partial charge in [0, 0.05) is 31.4 Å². The number of amides is 1. The van der Waals surface area contributed by atoms with Crippen LogP contribution in [0.2, 0.25) is 0 Å². The molecular weight excluding hydrogens is 228 g/mol. The first-order valence-corrected chi connectivity index (χ1v) is 6.70. The average molecular weight is 250 g/mol. The topological polar surface area (TPSA) is 59.0 Å². The molecule has 1 aromatic rings. The molecule has 0 saturated carbocycles. The maximum absolute atomic E-state index is 11.9. The summed E-state index contributed by atoms with van der Waals surface area (Å²) < 4.78 is 1.98. The van der Waals surface area contributed by atoms with Crippen molar-refractivity contribution in [2.24, 2.45) is 5.92 Å². The van der Waals surface area contributed by atoms with Crippen LogP contribution in [0.5, 0.6) is 0 Å². The average Bonchev–Trinajstić information content (AvgIpc) is 2.82. The number of piperidine rings is 1. The van der Waals surface area contributed by atoms with Crippen molar-refractivity contribution in [1.29, 1.82) is 0 Å². The number of hydrogen-bond donors (Lipinski definition) is 2. The standard InChI is InChI=1S/C13H22N4O/c1-11(9-17-7-6-15-10-17)16-13(18)8-12-2-4-14-5-3-12/h6-7,10-12,14H,2-5,8-9H2,1H3,(H,16,18). The summed E-state index contributed by atoms with van der Waals surface area (Å²) in [6, 6.07) is 0.147. The molecule has 1 fully saturated rings. The van der Waals surface area contributed by atoms with E-state index < -0.39 is 0 Å². The Morgan fingerprint density at radius 1 is 1.56 bits per heavy atom. The lowest BCUT2D eigenvalue weighted by Gasteiger charge is -2.23. The van der Waals surface area contributed by atoms with Gasteiger partial charge in [0.05, 0.1) is 6.33 Å². The Bertz CT molecular complexity index is 357. The zero-order valence-corrected chi connectivity index (χ0v) is 10.9. The van der Waals surface area contributed by atoms with Crippen LogP contribution in [-0.2, 0) is 11.3 Å². The van der Waals surface area contributed by atoms with Crippen LogP contribution in [-0.4, -0.2) is 34.6 Å². The van der Waals surface area contributed by atoms with Crippen molar-refractivity contribution in [3.63, 3.8) is 0 Å². The number of carbonyl (C=O) groups excluding carboxylic acids is 1. The zero-order valence-electron chi connectivity index (χ0n) is 10.9. The highest BCUT2D eigenvalue weighted by Crippen LogP contribution is 2.15. The van der Waals surface area contributed by atoms with Gasteiger partial charge in [-0.05, 0) is 38.8 Å². The monoisotopic (exact) mass is 250 g/mol. The molecule has 2 heterocycles. The molecule has 1 unspecified atom stereocenters. The first-order valence-electron chi connectivity index (χ1n) is 6.70. The summed E-state index contributed by atoms with van der Waals surface area (Å²) in [5.41, 5.74) is 0. The number of hydrogen-bond acceptors (Lipinski definition) is 3. The molecule has 2 rings (SSSR count). The molecule has 2 N–H and O–H groups in total. The normalized spacial score (nSPS) is 18.5. The van der Waals surface area contributed by atoms with E-state index in [0.29, 0.717) is 12.3 Å². The summed E-state index contributed by atoms with van der Waals surface area (Å²) in [6.45, 7) is 4.89. The van der Waals surface area contributed by atoms with Gasteiger partial charge < -0.3 is 15.2 Å². The van der Waals surface area contributed by atoms with E-state index in [-0.39, 0.29) is 11.9 Å². The van der Waals surface area contributed by atoms with Crippen LogP contribution >= 0.6 is 0 Å². The van der Waals surface area contributed by atoms with E-state index in [1.165, 1.54) is 0 Å². The van der Waals surface area contributed by atoms with Gasteiger partial charge in [-0.25, -0.2) is 4.98 Å². The Morgan fingerprint density at radius 2 is 2.33 bits per heavy atom. The van der Waals surface area contributed by atoms with Crippen LogP contribution in [0.15, 0.2) is 18.7 Å². The lowest BCUT2D eigenvalue weighted by Crippen LogP contribution is -2.38. The molecule has 1 aliphatic rings. The molecule has 100 valence electrons. The molecule has 1 aromatic heterocycles. The second-order valence-corrected chi connectivity index (χ2v) is 5.13. The van der Waals surface area contributed by atoms with E-state index in [1.807, 2.05) is 17.7 Å². The molecule has 1 saturated heterocycles. The lowest BCUT2D eigenvalue weighted by atomic mass is 9.94. The molecule has 1 amide bonds. The van der Waals surface area contributed by atoms with Crippen molar-refractivity contribution in [1.82, 2.24) is 20.2 Å². The Balaban J connectivity index is 1.69. The third-order valence-corrected chi connectivity index (χ3v) is 3.38. The van der Waals surface area contributed by atoms with Crippen LogP contribution in [0.3, 0.4) is 0 Å². The van der Waals surface area contributed by atoms with E-state index in [0.717, 1.165) is 32.5 Å². The highest BCUT2D eigenvalue weighted by molar-refractivity contribution is 5.76. The SMILES string of the molecule is CC(Cn1ccnc1)NC(=O)CC1CCNCC1. The minimum Gasteiger partial charge on any atom is -0.352 e. The van der Waals surface area contributed by atoms with E-state index in [1.54, 1.807) is 12.5 Å². The number of nitrogens with one attached hydrogen (secondary N) is 2. The van der Waals surface area contributed by atoms with Crippen LogP contribution in [0, 0.1) is 5.92 Å². The summed E-state index contributed by atoms with van der Waals surface area (Å²) in [5.74, 6) is 0.723. The third-order valence-electron chi connectivity index (χ3n) is 3.38. The lowest BCUT2D eigenvalue weighted by molar-refractivity contribution is -0.122. The molecule has 5 heteroatoms. The first-order chi connectivity index (χ1) is 8.74. The van der Waals surface area contributed by atoms with Crippen LogP contribution < -0.4 is 10.6 Å². The van der Waals surface area contributed by atoms with Crippen molar-refractivity contribution in [3.05, 3.63) is 18.7 Å². The third kappa shape index (κ3) is 4.14. The van der Waals surface area contributed by atoms with E-state index in [9.17, 15) is 4.79 Å². The van der Waals surface area contributed by atoms with Gasteiger partial charge in [0.25, 0.3) is 0 Å². The molecule has 1 atom stereocenters. The van der Waals surface area contributed by atoms with Crippen molar-refractivity contribution < 1.29 is 4.79 Å². The summed E-state index contributed by atoms with van der Waals surface area (Å²) in [4.78, 5) is 15.9. The summed E-state index contributed by atoms with van der Waals surface area (Å²) in [5, 5.41) is 6.37. The van der Waals surface area contributed by atoms with Crippen molar-refractivity contribution in [2.45, 2.75) is 38.8 Å². The molecule has 18 heavy (non-hydrogen) atoms. The highest BCUT2D eigenvalue weighted by atomic mass is 16.1. The summed E-state index contributed by atoms with van der Waals surface area (Å²) in [6.07, 6.45) is 8.33. The Hall–Kier alpha value is -1.36. The van der Waals surface area contributed by atoms with Crippen LogP contribution in [0.25, 0.3) is 0 Å². The van der Waals surface area contributed by atoms with Crippen LogP contribution in [0.4, 0.5) is 0 Å². The fraction of sp³-hybridized carbons (Fsp3) is 0.692. The zero-order chi connectivity index (χ0) is 12.8. The van der Waals surface area contributed by atoms with Crippen molar-refractivity contribution in [2.75, 3.05) is 13.1 Å². The molecular formula is C13H22N4O. The Labute approximate surface area is 108 Å². The number of rotatable bonds is 5. The Morgan fingerprint density at radius 3 is 3.00 bits per heavy atom. The smallest absolute Gasteiger partial charge is 0.220 e. The molecule has 0 spiro atoms. The van der Waals surface area contributed by atoms with Gasteiger partial charge in [0.2, 0.25) is 5.91 Å². The fourth-order valence-electron chi connectivity index (χ4n) is 2.44. The van der Waals surface area contributed by atoms with Crippen molar-refractivity contribution >= 4 is 5.91 Å². The van der Waals surface area contributed by atoms with E-state index in [4.69, 9.17) is 0 Å². The second-order valence-electron chi connectivity index (χ2n) is 5.13. The minimum atomic E-state index is 0.147. The first kappa shape index (κ1) is 13.1. The number of carbonyl (C=O) groups is 1. The van der Waals surface area contributed by atoms with Gasteiger partial charge in [-0.1, -0.05) is 0 Å². The van der Waals surface area contributed by atoms with Gasteiger partial charge in [-0.3, -0.25) is 4.79 Å². The molecule has 0 aliphatic carbocycles. The quantitative estimate of drug-likeness (QED) is 0.812. The predicted molar refractivity (Wildman–Crippen MR) is 70.0 cm³/mol. The fourth-order valence-corrected chi connectivity index (χ4v) is 2.44. The molecule has 0 bridgehead atoms. The number of nitrogens with zero attached hydrogens (tertiary/aromatic N) is 2.